The van der Waals surface area contributed by atoms with Crippen LogP contribution in [0.1, 0.15) is 18.4 Å². The number of hydrogen-bond donors (Lipinski definition) is 0. The molecule has 0 atom stereocenters. The molecule has 7 nitrogen and oxygen atoms in total. The molecule has 0 N–H and O–H groups in total. The van der Waals surface area contributed by atoms with E-state index in [0.717, 1.165) is 49.7 Å². The zero-order valence-electron chi connectivity index (χ0n) is 19.8. The van der Waals surface area contributed by atoms with Crippen LogP contribution in [0.15, 0.2) is 60.9 Å². The summed E-state index contributed by atoms with van der Waals surface area (Å²) in [7, 11) is 3.44. The number of rotatable bonds is 11. The van der Waals surface area contributed by atoms with Crippen LogP contribution in [-0.2, 0) is 17.8 Å². The summed E-state index contributed by atoms with van der Waals surface area (Å²) in [6, 6.07) is 15.5. The van der Waals surface area contributed by atoms with Gasteiger partial charge in [0.1, 0.15) is 24.6 Å². The first-order chi connectivity index (χ1) is 16.6. The maximum Gasteiger partial charge on any atom is 0.161 e. The first-order valence-electron chi connectivity index (χ1n) is 11.5. The van der Waals surface area contributed by atoms with Crippen molar-refractivity contribution in [2.45, 2.75) is 31.5 Å². The quantitative estimate of drug-likeness (QED) is 0.393. The highest BCUT2D eigenvalue weighted by Crippen LogP contribution is 2.31. The molecule has 0 unspecified atom stereocenters. The summed E-state index contributed by atoms with van der Waals surface area (Å²) >= 11 is 6.07. The number of hydrogen-bond acceptors (Lipinski definition) is 6. The van der Waals surface area contributed by atoms with E-state index in [9.17, 15) is 0 Å². The van der Waals surface area contributed by atoms with Crippen molar-refractivity contribution in [3.05, 3.63) is 71.5 Å². The van der Waals surface area contributed by atoms with Crippen molar-refractivity contribution in [1.82, 2.24) is 14.7 Å². The van der Waals surface area contributed by atoms with E-state index in [0.29, 0.717) is 24.8 Å². The summed E-state index contributed by atoms with van der Waals surface area (Å²) in [4.78, 5) is 2.43. The largest absolute Gasteiger partial charge is 0.493 e. The molecule has 2 heterocycles. The molecule has 1 aliphatic rings. The third-order valence-electron chi connectivity index (χ3n) is 6.27. The summed E-state index contributed by atoms with van der Waals surface area (Å²) in [5.74, 6) is 2.26. The lowest BCUT2D eigenvalue weighted by atomic mass is 9.91. The Balaban J connectivity index is 1.28. The molecule has 1 aromatic heterocycles. The Hall–Kier alpha value is -2.74. The standard InChI is InChI=1S/C26H32ClN3O4/c1-31-25-17-21(7-8-24(25)33-16-15-30-12-4-11-28-30)19-29-13-9-26(32-2,10-14-29)20-34-23-6-3-5-22(27)18-23/h3-8,11-12,17-18H,9-10,13-16,19-20H2,1-2H3. The molecule has 0 bridgehead atoms. The Morgan fingerprint density at radius 3 is 2.56 bits per heavy atom. The fraction of sp³-hybridized carbons (Fsp3) is 0.423. The van der Waals surface area contributed by atoms with Crippen molar-refractivity contribution in [2.24, 2.45) is 0 Å². The van der Waals surface area contributed by atoms with E-state index in [-0.39, 0.29) is 5.60 Å². The maximum atomic E-state index is 6.07. The van der Waals surface area contributed by atoms with E-state index in [4.69, 9.17) is 30.5 Å². The minimum Gasteiger partial charge on any atom is -0.493 e. The Bertz CT molecular complexity index is 1040. The molecule has 3 aromatic rings. The van der Waals surface area contributed by atoms with Crippen LogP contribution in [0, 0.1) is 0 Å². The van der Waals surface area contributed by atoms with Crippen molar-refractivity contribution in [2.75, 3.05) is 40.5 Å². The second kappa shape index (κ2) is 11.6. The minimum atomic E-state index is -0.289. The third-order valence-corrected chi connectivity index (χ3v) is 6.50. The van der Waals surface area contributed by atoms with Gasteiger partial charge in [-0.2, -0.15) is 5.10 Å². The van der Waals surface area contributed by atoms with Crippen LogP contribution in [0.3, 0.4) is 0 Å². The molecular formula is C26H32ClN3O4. The lowest BCUT2D eigenvalue weighted by Gasteiger charge is -2.40. The Kier molecular flexibility index (Phi) is 8.32. The number of nitrogens with zero attached hydrogens (tertiary/aromatic N) is 3. The van der Waals surface area contributed by atoms with Crippen molar-refractivity contribution in [3.63, 3.8) is 0 Å². The Morgan fingerprint density at radius 1 is 1.00 bits per heavy atom. The summed E-state index contributed by atoms with van der Waals surface area (Å²) in [6.45, 7) is 4.43. The van der Waals surface area contributed by atoms with Crippen LogP contribution in [0.4, 0.5) is 0 Å². The lowest BCUT2D eigenvalue weighted by Crippen LogP contribution is -2.48. The van der Waals surface area contributed by atoms with Crippen molar-refractivity contribution < 1.29 is 18.9 Å². The van der Waals surface area contributed by atoms with Gasteiger partial charge in [0.15, 0.2) is 11.5 Å². The molecule has 0 spiro atoms. The van der Waals surface area contributed by atoms with Gasteiger partial charge in [-0.1, -0.05) is 23.7 Å². The maximum absolute atomic E-state index is 6.07. The molecule has 1 aliphatic heterocycles. The molecule has 1 fully saturated rings. The molecular weight excluding hydrogens is 454 g/mol. The molecule has 182 valence electrons. The van der Waals surface area contributed by atoms with E-state index in [2.05, 4.69) is 22.1 Å². The van der Waals surface area contributed by atoms with Gasteiger partial charge in [-0.3, -0.25) is 9.58 Å². The van der Waals surface area contributed by atoms with Gasteiger partial charge in [0, 0.05) is 44.2 Å². The number of likely N-dealkylation sites (tertiary alicyclic amines) is 1. The van der Waals surface area contributed by atoms with Gasteiger partial charge in [0.05, 0.1) is 13.7 Å². The van der Waals surface area contributed by atoms with Crippen molar-refractivity contribution >= 4 is 11.6 Å². The fourth-order valence-corrected chi connectivity index (χ4v) is 4.35. The molecule has 2 aromatic carbocycles. The van der Waals surface area contributed by atoms with Crippen molar-refractivity contribution in [3.8, 4) is 17.2 Å². The fourth-order valence-electron chi connectivity index (χ4n) is 4.17. The zero-order valence-corrected chi connectivity index (χ0v) is 20.5. The number of aromatic nitrogens is 2. The average Bonchev–Trinajstić information content (AvgIpc) is 3.38. The van der Waals surface area contributed by atoms with E-state index in [1.165, 1.54) is 5.56 Å². The molecule has 0 saturated carbocycles. The van der Waals surface area contributed by atoms with Crippen LogP contribution in [0.25, 0.3) is 0 Å². The number of halogens is 1. The zero-order chi connectivity index (χ0) is 23.8. The van der Waals surface area contributed by atoms with Gasteiger partial charge in [0.2, 0.25) is 0 Å². The highest BCUT2D eigenvalue weighted by molar-refractivity contribution is 6.30. The first kappa shape index (κ1) is 24.4. The number of ether oxygens (including phenoxy) is 4. The van der Waals surface area contributed by atoms with Gasteiger partial charge < -0.3 is 18.9 Å². The Labute approximate surface area is 206 Å². The average molecular weight is 486 g/mol. The van der Waals surface area contributed by atoms with E-state index in [1.54, 1.807) is 20.4 Å². The van der Waals surface area contributed by atoms with E-state index < -0.39 is 0 Å². The highest BCUT2D eigenvalue weighted by Gasteiger charge is 2.35. The normalized spacial score (nSPS) is 15.7. The molecule has 1 saturated heterocycles. The second-order valence-corrected chi connectivity index (χ2v) is 8.95. The van der Waals surface area contributed by atoms with Crippen LogP contribution < -0.4 is 14.2 Å². The van der Waals surface area contributed by atoms with Gasteiger partial charge in [0.25, 0.3) is 0 Å². The number of benzene rings is 2. The van der Waals surface area contributed by atoms with Gasteiger partial charge in [-0.25, -0.2) is 0 Å². The molecule has 0 aliphatic carbocycles. The molecule has 34 heavy (non-hydrogen) atoms. The summed E-state index contributed by atoms with van der Waals surface area (Å²) < 4.78 is 25.3. The van der Waals surface area contributed by atoms with Gasteiger partial charge >= 0.3 is 0 Å². The predicted octanol–water partition coefficient (Wildman–Crippen LogP) is 4.68. The first-order valence-corrected chi connectivity index (χ1v) is 11.9. The minimum absolute atomic E-state index is 0.289. The predicted molar refractivity (Wildman–Crippen MR) is 132 cm³/mol. The lowest BCUT2D eigenvalue weighted by molar-refractivity contribution is -0.0839. The van der Waals surface area contributed by atoms with Crippen LogP contribution in [0.2, 0.25) is 5.02 Å². The topological polar surface area (TPSA) is 58.0 Å². The summed E-state index contributed by atoms with van der Waals surface area (Å²) in [5.41, 5.74) is 0.902. The Morgan fingerprint density at radius 2 is 1.85 bits per heavy atom. The van der Waals surface area contributed by atoms with Crippen LogP contribution in [0.5, 0.6) is 17.2 Å². The van der Waals surface area contributed by atoms with E-state index in [1.807, 2.05) is 47.3 Å². The third kappa shape index (κ3) is 6.44. The monoisotopic (exact) mass is 485 g/mol. The van der Waals surface area contributed by atoms with Gasteiger partial charge in [-0.05, 0) is 54.8 Å². The van der Waals surface area contributed by atoms with Crippen molar-refractivity contribution in [1.29, 1.82) is 0 Å². The number of methoxy groups -OCH3 is 2. The summed E-state index contributed by atoms with van der Waals surface area (Å²) in [5, 5.41) is 4.86. The second-order valence-electron chi connectivity index (χ2n) is 8.51. The van der Waals surface area contributed by atoms with E-state index >= 15 is 0 Å². The molecule has 4 rings (SSSR count). The smallest absolute Gasteiger partial charge is 0.161 e. The molecule has 0 radical (unpaired) electrons. The molecule has 0 amide bonds. The van der Waals surface area contributed by atoms with Crippen LogP contribution >= 0.6 is 11.6 Å². The van der Waals surface area contributed by atoms with Gasteiger partial charge in [-0.15, -0.1) is 0 Å². The number of piperidine rings is 1. The summed E-state index contributed by atoms with van der Waals surface area (Å²) in [6.07, 6.45) is 5.48. The molecule has 8 heteroatoms. The highest BCUT2D eigenvalue weighted by atomic mass is 35.5. The van der Waals surface area contributed by atoms with Crippen LogP contribution in [-0.4, -0.2) is 60.8 Å². The SMILES string of the molecule is COc1cc(CN2CCC(COc3cccc(Cl)c3)(OC)CC2)ccc1OCCn1cccn1.